The highest BCUT2D eigenvalue weighted by molar-refractivity contribution is 7.13. The van der Waals surface area contributed by atoms with Gasteiger partial charge in [0, 0.05) is 17.5 Å². The van der Waals surface area contributed by atoms with Gasteiger partial charge in [0.2, 0.25) is 0 Å². The summed E-state index contributed by atoms with van der Waals surface area (Å²) in [5, 5.41) is 8.56. The van der Waals surface area contributed by atoms with Crippen LogP contribution in [0.1, 0.15) is 30.3 Å². The Hall–Kier alpha value is -1.92. The molecule has 1 amide bonds. The van der Waals surface area contributed by atoms with Crippen LogP contribution in [0.25, 0.3) is 10.6 Å². The number of ether oxygens (including phenoxy) is 1. The van der Waals surface area contributed by atoms with Crippen molar-refractivity contribution in [2.75, 3.05) is 26.7 Å². The molecule has 0 aliphatic heterocycles. The first kappa shape index (κ1) is 17.4. The molecule has 0 fully saturated rings. The zero-order valence-electron chi connectivity index (χ0n) is 13.6. The molecule has 0 saturated heterocycles. The first-order valence-corrected chi connectivity index (χ1v) is 8.74. The molecule has 0 saturated carbocycles. The summed E-state index contributed by atoms with van der Waals surface area (Å²) in [7, 11) is 1.90. The number of hydrogen-bond acceptors (Lipinski definition) is 5. The molecule has 0 aliphatic carbocycles. The molecule has 1 aromatic carbocycles. The molecule has 0 spiro atoms. The number of aromatic nitrogens is 1. The average molecular weight is 333 g/mol. The summed E-state index contributed by atoms with van der Waals surface area (Å²) < 4.78 is 5.57. The summed E-state index contributed by atoms with van der Waals surface area (Å²) in [6.07, 6.45) is 1.89. The second-order valence-electron chi connectivity index (χ2n) is 5.12. The summed E-state index contributed by atoms with van der Waals surface area (Å²) in [6.45, 7) is 4.33. The standard InChI is InChI=1S/C17H23N3O2S/c1-3-11-22-14-7-5-13(6-8-14)17-20-15(12-23-17)16(21)19-10-4-9-18-2/h5-8,12,18H,3-4,9-11H2,1-2H3,(H,19,21). The lowest BCUT2D eigenvalue weighted by Gasteiger charge is -2.04. The van der Waals surface area contributed by atoms with Gasteiger partial charge in [-0.05, 0) is 50.7 Å². The minimum absolute atomic E-state index is 0.119. The van der Waals surface area contributed by atoms with Crippen LogP contribution < -0.4 is 15.4 Å². The number of rotatable bonds is 9. The van der Waals surface area contributed by atoms with E-state index >= 15 is 0 Å². The Kier molecular flexibility index (Phi) is 7.03. The van der Waals surface area contributed by atoms with Gasteiger partial charge in [0.25, 0.3) is 5.91 Å². The van der Waals surface area contributed by atoms with Crippen molar-refractivity contribution >= 4 is 17.2 Å². The minimum Gasteiger partial charge on any atom is -0.494 e. The minimum atomic E-state index is -0.119. The number of thiazole rings is 1. The quantitative estimate of drug-likeness (QED) is 0.693. The topological polar surface area (TPSA) is 63.2 Å². The third-order valence-electron chi connectivity index (χ3n) is 3.20. The van der Waals surface area contributed by atoms with Crippen molar-refractivity contribution in [3.05, 3.63) is 35.3 Å². The van der Waals surface area contributed by atoms with Gasteiger partial charge in [-0.3, -0.25) is 4.79 Å². The number of benzene rings is 1. The lowest BCUT2D eigenvalue weighted by molar-refractivity contribution is 0.0949. The van der Waals surface area contributed by atoms with Gasteiger partial charge in [0.1, 0.15) is 16.5 Å². The summed E-state index contributed by atoms with van der Waals surface area (Å²) in [5.41, 5.74) is 1.47. The van der Waals surface area contributed by atoms with E-state index in [1.54, 1.807) is 5.38 Å². The summed E-state index contributed by atoms with van der Waals surface area (Å²) in [4.78, 5) is 16.4. The second kappa shape index (κ2) is 9.27. The van der Waals surface area contributed by atoms with Crippen molar-refractivity contribution in [2.45, 2.75) is 19.8 Å². The maximum atomic E-state index is 12.0. The fraction of sp³-hybridized carbons (Fsp3) is 0.412. The van der Waals surface area contributed by atoms with Crippen LogP contribution in [-0.4, -0.2) is 37.6 Å². The zero-order chi connectivity index (χ0) is 16.5. The predicted octanol–water partition coefficient (Wildman–Crippen LogP) is 2.94. The lowest BCUT2D eigenvalue weighted by atomic mass is 10.2. The highest BCUT2D eigenvalue weighted by atomic mass is 32.1. The largest absolute Gasteiger partial charge is 0.494 e. The van der Waals surface area contributed by atoms with Crippen molar-refractivity contribution in [3.8, 4) is 16.3 Å². The van der Waals surface area contributed by atoms with Gasteiger partial charge < -0.3 is 15.4 Å². The van der Waals surface area contributed by atoms with Gasteiger partial charge >= 0.3 is 0 Å². The Labute approximate surface area is 141 Å². The van der Waals surface area contributed by atoms with Gasteiger partial charge in [-0.2, -0.15) is 0 Å². The Bertz CT molecular complexity index is 611. The van der Waals surface area contributed by atoms with Crippen LogP contribution in [0.3, 0.4) is 0 Å². The van der Waals surface area contributed by atoms with E-state index in [9.17, 15) is 4.79 Å². The van der Waals surface area contributed by atoms with Crippen molar-refractivity contribution in [2.24, 2.45) is 0 Å². The monoisotopic (exact) mass is 333 g/mol. The van der Waals surface area contributed by atoms with E-state index in [1.807, 2.05) is 31.3 Å². The molecule has 23 heavy (non-hydrogen) atoms. The van der Waals surface area contributed by atoms with E-state index in [4.69, 9.17) is 4.74 Å². The Morgan fingerprint density at radius 1 is 1.26 bits per heavy atom. The zero-order valence-corrected chi connectivity index (χ0v) is 14.4. The van der Waals surface area contributed by atoms with Crippen molar-refractivity contribution in [1.82, 2.24) is 15.6 Å². The molecule has 0 bridgehead atoms. The van der Waals surface area contributed by atoms with Gasteiger partial charge in [-0.1, -0.05) is 6.92 Å². The molecule has 0 aliphatic rings. The molecule has 0 unspecified atom stereocenters. The van der Waals surface area contributed by atoms with Crippen LogP contribution in [0.15, 0.2) is 29.6 Å². The molecule has 1 aromatic heterocycles. The molecule has 1 heterocycles. The lowest BCUT2D eigenvalue weighted by Crippen LogP contribution is -2.26. The Morgan fingerprint density at radius 3 is 2.74 bits per heavy atom. The Morgan fingerprint density at radius 2 is 2.04 bits per heavy atom. The maximum Gasteiger partial charge on any atom is 0.270 e. The molecule has 6 heteroatoms. The predicted molar refractivity (Wildman–Crippen MR) is 94.2 cm³/mol. The van der Waals surface area contributed by atoms with E-state index in [-0.39, 0.29) is 5.91 Å². The molecular weight excluding hydrogens is 310 g/mol. The van der Waals surface area contributed by atoms with Crippen LogP contribution in [0.2, 0.25) is 0 Å². The van der Waals surface area contributed by atoms with Gasteiger partial charge in [0.05, 0.1) is 6.61 Å². The van der Waals surface area contributed by atoms with Crippen LogP contribution in [0, 0.1) is 0 Å². The van der Waals surface area contributed by atoms with Crippen LogP contribution in [0.5, 0.6) is 5.75 Å². The molecule has 0 radical (unpaired) electrons. The molecule has 2 N–H and O–H groups in total. The van der Waals surface area contributed by atoms with Crippen LogP contribution >= 0.6 is 11.3 Å². The maximum absolute atomic E-state index is 12.0. The number of hydrogen-bond donors (Lipinski definition) is 2. The van der Waals surface area contributed by atoms with Crippen molar-refractivity contribution in [1.29, 1.82) is 0 Å². The molecule has 0 atom stereocenters. The Balaban J connectivity index is 1.94. The number of nitrogens with zero attached hydrogens (tertiary/aromatic N) is 1. The summed E-state index contributed by atoms with van der Waals surface area (Å²) in [6, 6.07) is 7.81. The van der Waals surface area contributed by atoms with E-state index < -0.39 is 0 Å². The number of amides is 1. The molecule has 2 aromatic rings. The first-order valence-electron chi connectivity index (χ1n) is 7.86. The van der Waals surface area contributed by atoms with E-state index in [2.05, 4.69) is 22.5 Å². The summed E-state index contributed by atoms with van der Waals surface area (Å²) in [5.74, 6) is 0.737. The van der Waals surface area contributed by atoms with Gasteiger partial charge in [-0.25, -0.2) is 4.98 Å². The third-order valence-corrected chi connectivity index (χ3v) is 4.09. The summed E-state index contributed by atoms with van der Waals surface area (Å²) >= 11 is 1.47. The van der Waals surface area contributed by atoms with Crippen LogP contribution in [-0.2, 0) is 0 Å². The smallest absolute Gasteiger partial charge is 0.270 e. The highest BCUT2D eigenvalue weighted by Gasteiger charge is 2.11. The number of nitrogens with one attached hydrogen (secondary N) is 2. The highest BCUT2D eigenvalue weighted by Crippen LogP contribution is 2.25. The fourth-order valence-electron chi connectivity index (χ4n) is 1.98. The molecule has 5 nitrogen and oxygen atoms in total. The van der Waals surface area contributed by atoms with E-state index in [0.717, 1.165) is 35.7 Å². The van der Waals surface area contributed by atoms with Gasteiger partial charge in [0.15, 0.2) is 0 Å². The third kappa shape index (κ3) is 5.33. The molecular formula is C17H23N3O2S. The average Bonchev–Trinajstić information content (AvgIpc) is 3.07. The van der Waals surface area contributed by atoms with Gasteiger partial charge in [-0.15, -0.1) is 11.3 Å². The van der Waals surface area contributed by atoms with Crippen LogP contribution in [0.4, 0.5) is 0 Å². The first-order chi connectivity index (χ1) is 11.2. The SMILES string of the molecule is CCCOc1ccc(-c2nc(C(=O)NCCCNC)cs2)cc1. The fourth-order valence-corrected chi connectivity index (χ4v) is 2.79. The second-order valence-corrected chi connectivity index (χ2v) is 5.98. The normalized spacial score (nSPS) is 10.5. The number of carbonyl (C=O) groups excluding carboxylic acids is 1. The van der Waals surface area contributed by atoms with Crippen molar-refractivity contribution in [3.63, 3.8) is 0 Å². The molecule has 124 valence electrons. The van der Waals surface area contributed by atoms with Crippen molar-refractivity contribution < 1.29 is 9.53 Å². The van der Waals surface area contributed by atoms with E-state index in [1.165, 1.54) is 11.3 Å². The molecule has 2 rings (SSSR count). The van der Waals surface area contributed by atoms with E-state index in [0.29, 0.717) is 18.8 Å². The number of carbonyl (C=O) groups is 1.